The van der Waals surface area contributed by atoms with Crippen LogP contribution in [0.5, 0.6) is 0 Å². The molecule has 0 aliphatic heterocycles. The minimum Gasteiger partial charge on any atom is -1.00 e. The van der Waals surface area contributed by atoms with Crippen molar-refractivity contribution in [2.45, 2.75) is 0 Å². The van der Waals surface area contributed by atoms with Gasteiger partial charge < -0.3 is 2.85 Å². The fourth-order valence-corrected chi connectivity index (χ4v) is 3.81. The van der Waals surface area contributed by atoms with E-state index in [1.165, 1.54) is 43.1 Å². The third kappa shape index (κ3) is 3.28. The number of hydrogen-bond acceptors (Lipinski definition) is 0. The van der Waals surface area contributed by atoms with Crippen LogP contribution in [0.4, 0.5) is 0 Å². The Morgan fingerprint density at radius 1 is 0.370 bits per heavy atom. The van der Waals surface area contributed by atoms with Crippen LogP contribution in [0.2, 0.25) is 0 Å². The quantitative estimate of drug-likeness (QED) is 0.145. The molecule has 6 aromatic carbocycles. The average Bonchev–Trinajstić information content (AvgIpc) is 3.27. The van der Waals surface area contributed by atoms with E-state index in [2.05, 4.69) is 109 Å². The van der Waals surface area contributed by atoms with Crippen molar-refractivity contribution in [3.05, 3.63) is 109 Å². The van der Waals surface area contributed by atoms with Gasteiger partial charge in [0.15, 0.2) is 0 Å². The molecule has 0 atom stereocenters. The minimum absolute atomic E-state index is 0. The fraction of sp³-hybridized carbons (Fsp3) is 0. The van der Waals surface area contributed by atoms with Gasteiger partial charge >= 0.3 is 25.8 Å². The maximum atomic E-state index is 2.24. The van der Waals surface area contributed by atoms with E-state index in [4.69, 9.17) is 0 Å². The van der Waals surface area contributed by atoms with E-state index in [0.29, 0.717) is 0 Å². The molecule has 0 bridgehead atoms. The Balaban J connectivity index is 0.000000187. The van der Waals surface area contributed by atoms with Crippen molar-refractivity contribution in [2.75, 3.05) is 0 Å². The zero-order valence-electron chi connectivity index (χ0n) is 16.9. The Labute approximate surface area is 180 Å². The molecule has 0 unspecified atom stereocenters. The first kappa shape index (κ1) is 17.9. The van der Waals surface area contributed by atoms with Gasteiger partial charge in [-0.1, -0.05) is 72.8 Å². The van der Waals surface area contributed by atoms with Gasteiger partial charge in [0.05, 0.1) is 0 Å². The molecule has 6 rings (SSSR count). The summed E-state index contributed by atoms with van der Waals surface area (Å²) < 4.78 is 0. The molecule has 0 saturated heterocycles. The number of rotatable bonds is 0. The second-order valence-electron chi connectivity index (χ2n) is 6.64. The van der Waals surface area contributed by atoms with E-state index in [1.54, 1.807) is 0 Å². The number of hydrogen-bond donors (Lipinski definition) is 0. The SMILES string of the molecule is [H-].[H-].[Hf+4].c1ccc2c(c1)[cH-]c1ccccc12.c1ccc2c(c1)[cH-]c1ccccc12. The first-order valence-corrected chi connectivity index (χ1v) is 8.96. The molecule has 0 nitrogen and oxygen atoms in total. The molecule has 0 amide bonds. The standard InChI is InChI=1S/2C13H9.Hf.2H/c2*1-3-7-12-10(5-1)9-11-6-2-4-8-13(11)12;;;/h2*1-9H;;;/q2*-1;+4;2*-1. The van der Waals surface area contributed by atoms with Gasteiger partial charge in [0, 0.05) is 0 Å². The van der Waals surface area contributed by atoms with E-state index < -0.39 is 0 Å². The van der Waals surface area contributed by atoms with Gasteiger partial charge in [-0.15, -0.1) is 79.5 Å². The molecule has 27 heavy (non-hydrogen) atoms. The molecule has 0 radical (unpaired) electrons. The molecule has 0 aromatic heterocycles. The molecule has 0 N–H and O–H groups in total. The molecular formula is C26H20Hf. The van der Waals surface area contributed by atoms with Gasteiger partial charge in [0.1, 0.15) is 0 Å². The predicted octanol–water partition coefficient (Wildman–Crippen LogP) is 7.65. The van der Waals surface area contributed by atoms with Crippen molar-refractivity contribution >= 4 is 43.1 Å². The molecular weight excluding hydrogens is 491 g/mol. The summed E-state index contributed by atoms with van der Waals surface area (Å²) in [7, 11) is 0. The van der Waals surface area contributed by atoms with Gasteiger partial charge in [-0.05, 0) is 0 Å². The Kier molecular flexibility index (Phi) is 5.05. The molecule has 6 aromatic rings. The minimum atomic E-state index is 0. The fourth-order valence-electron chi connectivity index (χ4n) is 3.81. The summed E-state index contributed by atoms with van der Waals surface area (Å²) in [5.74, 6) is 0. The van der Waals surface area contributed by atoms with Crippen LogP contribution in [0.3, 0.4) is 0 Å². The zero-order chi connectivity index (χ0) is 17.3. The van der Waals surface area contributed by atoms with Crippen molar-refractivity contribution < 1.29 is 28.7 Å². The van der Waals surface area contributed by atoms with Gasteiger partial charge in [-0.3, -0.25) is 0 Å². The second-order valence-corrected chi connectivity index (χ2v) is 6.64. The van der Waals surface area contributed by atoms with Crippen molar-refractivity contribution in [2.24, 2.45) is 0 Å². The number of fused-ring (bicyclic) bond motifs is 6. The molecule has 0 aliphatic carbocycles. The summed E-state index contributed by atoms with van der Waals surface area (Å²) in [6, 6.07) is 38.5. The Bertz CT molecular complexity index is 1140. The van der Waals surface area contributed by atoms with Crippen LogP contribution >= 0.6 is 0 Å². The monoisotopic (exact) mass is 512 g/mol. The van der Waals surface area contributed by atoms with Crippen molar-refractivity contribution in [1.29, 1.82) is 0 Å². The summed E-state index contributed by atoms with van der Waals surface area (Å²) in [4.78, 5) is 0. The van der Waals surface area contributed by atoms with Crippen LogP contribution in [0.1, 0.15) is 2.85 Å². The Morgan fingerprint density at radius 3 is 0.852 bits per heavy atom. The molecule has 1 heteroatoms. The van der Waals surface area contributed by atoms with Gasteiger partial charge in [0.2, 0.25) is 0 Å². The molecule has 0 fully saturated rings. The van der Waals surface area contributed by atoms with Crippen LogP contribution < -0.4 is 0 Å². The summed E-state index contributed by atoms with van der Waals surface area (Å²) in [6.07, 6.45) is 0. The van der Waals surface area contributed by atoms with Crippen molar-refractivity contribution in [1.82, 2.24) is 0 Å². The average molecular weight is 511 g/mol. The Morgan fingerprint density at radius 2 is 0.593 bits per heavy atom. The summed E-state index contributed by atoms with van der Waals surface area (Å²) >= 11 is 0. The molecule has 0 spiro atoms. The van der Waals surface area contributed by atoms with Gasteiger partial charge in [-0.2, -0.15) is 0 Å². The van der Waals surface area contributed by atoms with E-state index in [1.807, 2.05) is 0 Å². The zero-order valence-corrected chi connectivity index (χ0v) is 18.5. The topological polar surface area (TPSA) is 0 Å². The summed E-state index contributed by atoms with van der Waals surface area (Å²) in [5, 5.41) is 10.8. The largest absolute Gasteiger partial charge is 4.00 e. The Hall–Kier alpha value is -2.51. The van der Waals surface area contributed by atoms with Crippen molar-refractivity contribution in [3.63, 3.8) is 0 Å². The van der Waals surface area contributed by atoms with Crippen molar-refractivity contribution in [3.8, 4) is 0 Å². The van der Waals surface area contributed by atoms with Crippen LogP contribution in [-0.4, -0.2) is 0 Å². The molecule has 0 aliphatic rings. The predicted molar refractivity (Wildman–Crippen MR) is 116 cm³/mol. The first-order valence-electron chi connectivity index (χ1n) is 8.96. The number of benzene rings is 4. The maximum absolute atomic E-state index is 2.24. The normalized spacial score (nSPS) is 10.7. The first-order chi connectivity index (χ1) is 12.9. The van der Waals surface area contributed by atoms with E-state index in [9.17, 15) is 0 Å². The van der Waals surface area contributed by atoms with Gasteiger partial charge in [-0.25, -0.2) is 0 Å². The second kappa shape index (κ2) is 7.62. The van der Waals surface area contributed by atoms with Crippen LogP contribution in [0.15, 0.2) is 109 Å². The molecule has 128 valence electrons. The smallest absolute Gasteiger partial charge is 1.00 e. The van der Waals surface area contributed by atoms with E-state index in [0.717, 1.165) is 0 Å². The third-order valence-electron chi connectivity index (χ3n) is 5.05. The molecule has 0 heterocycles. The van der Waals surface area contributed by atoms with Gasteiger partial charge in [0.25, 0.3) is 0 Å². The van der Waals surface area contributed by atoms with Crippen LogP contribution in [0.25, 0.3) is 43.1 Å². The summed E-state index contributed by atoms with van der Waals surface area (Å²) in [6.45, 7) is 0. The third-order valence-corrected chi connectivity index (χ3v) is 5.05. The van der Waals surface area contributed by atoms with E-state index in [-0.39, 0.29) is 28.7 Å². The maximum Gasteiger partial charge on any atom is 4.00 e. The van der Waals surface area contributed by atoms with E-state index >= 15 is 0 Å². The summed E-state index contributed by atoms with van der Waals surface area (Å²) in [5.41, 5.74) is 0. The molecule has 0 saturated carbocycles. The van der Waals surface area contributed by atoms with Crippen LogP contribution in [0, 0.1) is 0 Å². The van der Waals surface area contributed by atoms with Crippen LogP contribution in [-0.2, 0) is 25.8 Å².